The first kappa shape index (κ1) is 7.10. The van der Waals surface area contributed by atoms with Gasteiger partial charge in [0.25, 0.3) is 0 Å². The molecule has 7 heavy (non-hydrogen) atoms. The number of hydrogen-bond donors (Lipinski definition) is 1. The summed E-state index contributed by atoms with van der Waals surface area (Å²) in [6.07, 6.45) is 0. The van der Waals surface area contributed by atoms with Gasteiger partial charge in [0, 0.05) is 5.45 Å². The van der Waals surface area contributed by atoms with Crippen LogP contribution in [0, 0.1) is 11.3 Å². The van der Waals surface area contributed by atoms with Crippen molar-refractivity contribution >= 4 is 14.0 Å². The zero-order chi connectivity index (χ0) is 5.86. The van der Waals surface area contributed by atoms with E-state index in [0.717, 1.165) is 5.45 Å². The zero-order valence-corrected chi connectivity index (χ0v) is 6.08. The summed E-state index contributed by atoms with van der Waals surface area (Å²) in [6.45, 7) is 6.15. The van der Waals surface area contributed by atoms with Gasteiger partial charge < -0.3 is 5.41 Å². The van der Waals surface area contributed by atoms with Crippen LogP contribution in [0.15, 0.2) is 0 Å². The molecule has 1 unspecified atom stereocenters. The fourth-order valence-electron chi connectivity index (χ4n) is 0.289. The highest BCUT2D eigenvalue weighted by molar-refractivity contribution is 7.57. The third kappa shape index (κ3) is 2.76. The summed E-state index contributed by atoms with van der Waals surface area (Å²) in [4.78, 5) is 0. The van der Waals surface area contributed by atoms with E-state index in [1.165, 1.54) is 0 Å². The Hall–Kier alpha value is 0.100. The quantitative estimate of drug-likeness (QED) is 0.422. The molecule has 0 aromatic rings. The SMILES string of the molecule is CPC(=N)C(C)C. The van der Waals surface area contributed by atoms with Crippen LogP contribution in [-0.2, 0) is 0 Å². The minimum Gasteiger partial charge on any atom is -0.305 e. The van der Waals surface area contributed by atoms with Crippen molar-refractivity contribution in [1.82, 2.24) is 0 Å². The Morgan fingerprint density at radius 3 is 2.00 bits per heavy atom. The lowest BCUT2D eigenvalue weighted by atomic mass is 10.2. The topological polar surface area (TPSA) is 23.9 Å². The Bertz CT molecular complexity index is 68.5. The minimum atomic E-state index is 0.461. The molecule has 0 spiro atoms. The van der Waals surface area contributed by atoms with Crippen molar-refractivity contribution in [3.05, 3.63) is 0 Å². The van der Waals surface area contributed by atoms with Gasteiger partial charge in [-0.3, -0.25) is 0 Å². The maximum atomic E-state index is 7.20. The van der Waals surface area contributed by atoms with E-state index in [1.807, 2.05) is 6.66 Å². The molecule has 0 aliphatic rings. The van der Waals surface area contributed by atoms with E-state index in [1.54, 1.807) is 0 Å². The van der Waals surface area contributed by atoms with E-state index in [9.17, 15) is 0 Å². The second kappa shape index (κ2) is 3.15. The van der Waals surface area contributed by atoms with Gasteiger partial charge >= 0.3 is 0 Å². The Balaban J connectivity index is 3.35. The van der Waals surface area contributed by atoms with E-state index in [4.69, 9.17) is 5.41 Å². The Kier molecular flexibility index (Phi) is 3.19. The Morgan fingerprint density at radius 2 is 2.00 bits per heavy atom. The molecular formula is C5H12NP. The van der Waals surface area contributed by atoms with Crippen molar-refractivity contribution in [2.75, 3.05) is 6.66 Å². The molecule has 42 valence electrons. The Labute approximate surface area is 46.8 Å². The average Bonchev–Trinajstić information content (AvgIpc) is 1.65. The van der Waals surface area contributed by atoms with Gasteiger partial charge in [0.15, 0.2) is 0 Å². The highest BCUT2D eigenvalue weighted by Gasteiger charge is 1.95. The molecule has 0 saturated carbocycles. The third-order valence-corrected chi connectivity index (χ3v) is 1.96. The molecule has 2 heteroatoms. The van der Waals surface area contributed by atoms with Gasteiger partial charge in [-0.15, -0.1) is 0 Å². The molecule has 0 fully saturated rings. The van der Waals surface area contributed by atoms with Crippen molar-refractivity contribution < 1.29 is 0 Å². The average molecular weight is 117 g/mol. The van der Waals surface area contributed by atoms with Crippen molar-refractivity contribution in [1.29, 1.82) is 5.41 Å². The monoisotopic (exact) mass is 117 g/mol. The lowest BCUT2D eigenvalue weighted by molar-refractivity contribution is 0.893. The Morgan fingerprint density at radius 1 is 1.57 bits per heavy atom. The van der Waals surface area contributed by atoms with Crippen LogP contribution in [0.1, 0.15) is 13.8 Å². The van der Waals surface area contributed by atoms with Gasteiger partial charge in [0.05, 0.1) is 0 Å². The number of rotatable bonds is 2. The molecule has 1 nitrogen and oxygen atoms in total. The van der Waals surface area contributed by atoms with Gasteiger partial charge in [-0.2, -0.15) is 0 Å². The van der Waals surface area contributed by atoms with Crippen LogP contribution >= 0.6 is 8.58 Å². The lowest BCUT2D eigenvalue weighted by Crippen LogP contribution is -1.96. The van der Waals surface area contributed by atoms with Gasteiger partial charge in [-0.25, -0.2) is 0 Å². The molecule has 0 aliphatic heterocycles. The van der Waals surface area contributed by atoms with Gasteiger partial charge in [0.2, 0.25) is 0 Å². The maximum absolute atomic E-state index is 7.20. The van der Waals surface area contributed by atoms with Crippen LogP contribution in [0.5, 0.6) is 0 Å². The highest BCUT2D eigenvalue weighted by Crippen LogP contribution is 2.11. The van der Waals surface area contributed by atoms with Gasteiger partial charge in [-0.1, -0.05) is 22.4 Å². The lowest BCUT2D eigenvalue weighted by Gasteiger charge is -2.00. The predicted octanol–water partition coefficient (Wildman–Crippen LogP) is 1.93. The molecule has 0 rings (SSSR count). The smallest absolute Gasteiger partial charge is 0.0310 e. The summed E-state index contributed by atoms with van der Waals surface area (Å²) in [5.74, 6) is 0.461. The summed E-state index contributed by atoms with van der Waals surface area (Å²) in [5.41, 5.74) is 0.875. The largest absolute Gasteiger partial charge is 0.305 e. The van der Waals surface area contributed by atoms with Crippen LogP contribution in [0.2, 0.25) is 0 Å². The molecule has 0 aromatic carbocycles. The van der Waals surface area contributed by atoms with Crippen molar-refractivity contribution in [2.45, 2.75) is 13.8 Å². The fourth-order valence-corrected chi connectivity index (χ4v) is 0.866. The van der Waals surface area contributed by atoms with Crippen LogP contribution in [0.3, 0.4) is 0 Å². The van der Waals surface area contributed by atoms with Crippen molar-refractivity contribution in [2.24, 2.45) is 5.92 Å². The molecule has 0 bridgehead atoms. The summed E-state index contributed by atoms with van der Waals surface area (Å²) >= 11 is 0. The molecule has 0 aromatic heterocycles. The second-order valence-corrected chi connectivity index (χ2v) is 2.86. The zero-order valence-electron chi connectivity index (χ0n) is 5.08. The molecule has 0 saturated heterocycles. The molecular weight excluding hydrogens is 105 g/mol. The van der Waals surface area contributed by atoms with Crippen LogP contribution in [-0.4, -0.2) is 12.1 Å². The van der Waals surface area contributed by atoms with Crippen LogP contribution < -0.4 is 0 Å². The number of hydrogen-bond acceptors (Lipinski definition) is 1. The predicted molar refractivity (Wildman–Crippen MR) is 36.8 cm³/mol. The second-order valence-electron chi connectivity index (χ2n) is 1.82. The van der Waals surface area contributed by atoms with Gasteiger partial charge in [0.1, 0.15) is 0 Å². The molecule has 0 aliphatic carbocycles. The summed E-state index contributed by atoms with van der Waals surface area (Å²) < 4.78 is 0. The molecule has 0 amide bonds. The van der Waals surface area contributed by atoms with Crippen molar-refractivity contribution in [3.63, 3.8) is 0 Å². The third-order valence-electron chi connectivity index (χ3n) is 0.847. The standard InChI is InChI=1S/C5H12NP/c1-4(2)5(6)7-3/h4,6-7H,1-3H3. The van der Waals surface area contributed by atoms with Crippen LogP contribution in [0.4, 0.5) is 0 Å². The van der Waals surface area contributed by atoms with E-state index in [0.29, 0.717) is 14.5 Å². The van der Waals surface area contributed by atoms with E-state index < -0.39 is 0 Å². The fraction of sp³-hybridized carbons (Fsp3) is 0.800. The summed E-state index contributed by atoms with van der Waals surface area (Å²) in [7, 11) is 0.695. The maximum Gasteiger partial charge on any atom is 0.0310 e. The minimum absolute atomic E-state index is 0.461. The first-order valence-electron chi connectivity index (χ1n) is 2.44. The normalized spacial score (nSPS) is 11.4. The highest BCUT2D eigenvalue weighted by atomic mass is 31.1. The summed E-state index contributed by atoms with van der Waals surface area (Å²) in [5, 5.41) is 7.20. The molecule has 0 heterocycles. The molecule has 0 radical (unpaired) electrons. The molecule has 1 atom stereocenters. The first-order chi connectivity index (χ1) is 3.18. The number of nitrogens with one attached hydrogen (secondary N) is 1. The summed E-state index contributed by atoms with van der Waals surface area (Å²) in [6, 6.07) is 0. The van der Waals surface area contributed by atoms with E-state index in [2.05, 4.69) is 13.8 Å². The van der Waals surface area contributed by atoms with E-state index >= 15 is 0 Å². The van der Waals surface area contributed by atoms with Crippen LogP contribution in [0.25, 0.3) is 0 Å². The van der Waals surface area contributed by atoms with E-state index in [-0.39, 0.29) is 0 Å². The van der Waals surface area contributed by atoms with Crippen molar-refractivity contribution in [3.8, 4) is 0 Å². The van der Waals surface area contributed by atoms with Gasteiger partial charge in [-0.05, 0) is 12.6 Å². The first-order valence-corrected chi connectivity index (χ1v) is 3.94. The molecule has 1 N–H and O–H groups in total.